The number of fused-ring (bicyclic) bond motifs is 1. The van der Waals surface area contributed by atoms with Crippen LogP contribution in [0.2, 0.25) is 0 Å². The van der Waals surface area contributed by atoms with E-state index in [9.17, 15) is 0 Å². The average molecular weight is 281 g/mol. The van der Waals surface area contributed by atoms with E-state index in [1.165, 1.54) is 0 Å². The molecule has 4 nitrogen and oxygen atoms in total. The lowest BCUT2D eigenvalue weighted by molar-refractivity contribution is 0.340. The Balaban J connectivity index is 2.13. The minimum Gasteiger partial charge on any atom is -0.494 e. The third-order valence-corrected chi connectivity index (χ3v) is 3.57. The van der Waals surface area contributed by atoms with E-state index in [1.54, 1.807) is 0 Å². The molecule has 0 bridgehead atoms. The van der Waals surface area contributed by atoms with Crippen LogP contribution in [-0.4, -0.2) is 16.0 Å². The van der Waals surface area contributed by atoms with Gasteiger partial charge in [-0.1, -0.05) is 6.07 Å². The van der Waals surface area contributed by atoms with Gasteiger partial charge in [-0.05, 0) is 50.2 Å². The summed E-state index contributed by atoms with van der Waals surface area (Å²) in [6.45, 7) is 5.16. The topological polar surface area (TPSA) is 52.5 Å². The Labute approximate surface area is 124 Å². The Kier molecular flexibility index (Phi) is 3.62. The monoisotopic (exact) mass is 281 g/mol. The number of aryl methyl sites for hydroxylation is 1. The van der Waals surface area contributed by atoms with Gasteiger partial charge in [0.25, 0.3) is 0 Å². The second-order valence-corrected chi connectivity index (χ2v) is 4.93. The average Bonchev–Trinajstić information content (AvgIpc) is 2.88. The Morgan fingerprint density at radius 1 is 1.14 bits per heavy atom. The van der Waals surface area contributed by atoms with Gasteiger partial charge in [-0.15, -0.1) is 0 Å². The third kappa shape index (κ3) is 2.38. The zero-order valence-electron chi connectivity index (χ0n) is 12.3. The normalized spacial score (nSPS) is 11.0. The Morgan fingerprint density at radius 2 is 1.90 bits per heavy atom. The van der Waals surface area contributed by atoms with Gasteiger partial charge >= 0.3 is 0 Å². The highest BCUT2D eigenvalue weighted by atomic mass is 16.5. The molecule has 4 heteroatoms. The second kappa shape index (κ2) is 5.58. The van der Waals surface area contributed by atoms with Crippen LogP contribution in [0.3, 0.4) is 0 Å². The molecule has 3 rings (SSSR count). The molecule has 0 saturated carbocycles. The van der Waals surface area contributed by atoms with Crippen molar-refractivity contribution in [1.82, 2.24) is 9.38 Å². The van der Waals surface area contributed by atoms with Crippen molar-refractivity contribution >= 4 is 5.65 Å². The molecule has 0 fully saturated rings. The van der Waals surface area contributed by atoms with Gasteiger partial charge in [0, 0.05) is 17.8 Å². The van der Waals surface area contributed by atoms with Crippen LogP contribution < -0.4 is 10.5 Å². The summed E-state index contributed by atoms with van der Waals surface area (Å²) in [4.78, 5) is 4.73. The van der Waals surface area contributed by atoms with Gasteiger partial charge in [0.2, 0.25) is 0 Å². The summed E-state index contributed by atoms with van der Waals surface area (Å²) in [5.74, 6) is 0.871. The van der Waals surface area contributed by atoms with Gasteiger partial charge in [0.1, 0.15) is 11.4 Å². The van der Waals surface area contributed by atoms with Crippen LogP contribution in [-0.2, 0) is 6.54 Å². The lowest BCUT2D eigenvalue weighted by atomic mass is 10.1. The van der Waals surface area contributed by atoms with E-state index < -0.39 is 0 Å². The SMILES string of the molecule is CCOc1ccc(-c2nc3cccc(C)n3c2CN)cc1. The highest BCUT2D eigenvalue weighted by Gasteiger charge is 2.13. The molecule has 0 unspecified atom stereocenters. The summed E-state index contributed by atoms with van der Waals surface area (Å²) in [7, 11) is 0. The van der Waals surface area contributed by atoms with Gasteiger partial charge in [-0.3, -0.25) is 4.40 Å². The minimum absolute atomic E-state index is 0.453. The molecule has 3 aromatic rings. The molecule has 2 heterocycles. The van der Waals surface area contributed by atoms with Crippen molar-refractivity contribution in [2.45, 2.75) is 20.4 Å². The van der Waals surface area contributed by atoms with Crippen molar-refractivity contribution in [2.24, 2.45) is 5.73 Å². The summed E-state index contributed by atoms with van der Waals surface area (Å²) >= 11 is 0. The van der Waals surface area contributed by atoms with Crippen molar-refractivity contribution in [2.75, 3.05) is 6.61 Å². The Morgan fingerprint density at radius 3 is 2.57 bits per heavy atom. The number of ether oxygens (including phenoxy) is 1. The Bertz CT molecular complexity index is 760. The van der Waals surface area contributed by atoms with E-state index in [4.69, 9.17) is 15.5 Å². The largest absolute Gasteiger partial charge is 0.494 e. The van der Waals surface area contributed by atoms with Crippen molar-refractivity contribution in [3.8, 4) is 17.0 Å². The second-order valence-electron chi connectivity index (χ2n) is 4.93. The molecule has 0 aliphatic carbocycles. The molecule has 2 N–H and O–H groups in total. The minimum atomic E-state index is 0.453. The first-order valence-electron chi connectivity index (χ1n) is 7.15. The van der Waals surface area contributed by atoms with Crippen LogP contribution in [0.4, 0.5) is 0 Å². The first-order valence-corrected chi connectivity index (χ1v) is 7.15. The molecule has 0 aliphatic rings. The number of nitrogens with zero attached hydrogens (tertiary/aromatic N) is 2. The fourth-order valence-electron chi connectivity index (χ4n) is 2.62. The van der Waals surface area contributed by atoms with E-state index in [1.807, 2.05) is 43.3 Å². The zero-order chi connectivity index (χ0) is 14.8. The summed E-state index contributed by atoms with van der Waals surface area (Å²) in [6.07, 6.45) is 0. The number of pyridine rings is 1. The predicted molar refractivity (Wildman–Crippen MR) is 84.4 cm³/mol. The van der Waals surface area contributed by atoms with Gasteiger partial charge in [-0.25, -0.2) is 4.98 Å². The zero-order valence-corrected chi connectivity index (χ0v) is 12.3. The third-order valence-electron chi connectivity index (χ3n) is 3.57. The van der Waals surface area contributed by atoms with E-state index in [0.717, 1.165) is 34.0 Å². The van der Waals surface area contributed by atoms with Crippen molar-refractivity contribution in [3.63, 3.8) is 0 Å². The summed E-state index contributed by atoms with van der Waals surface area (Å²) < 4.78 is 7.60. The molecule has 0 radical (unpaired) electrons. The van der Waals surface area contributed by atoms with Crippen molar-refractivity contribution in [1.29, 1.82) is 0 Å². The van der Waals surface area contributed by atoms with Crippen LogP contribution >= 0.6 is 0 Å². The summed E-state index contributed by atoms with van der Waals surface area (Å²) in [5.41, 5.74) is 11.1. The lowest BCUT2D eigenvalue weighted by Gasteiger charge is -2.06. The molecule has 0 spiro atoms. The maximum absolute atomic E-state index is 5.96. The number of hydrogen-bond acceptors (Lipinski definition) is 3. The van der Waals surface area contributed by atoms with Crippen molar-refractivity contribution in [3.05, 3.63) is 53.9 Å². The number of benzene rings is 1. The number of aromatic nitrogens is 2. The van der Waals surface area contributed by atoms with E-state index >= 15 is 0 Å². The summed E-state index contributed by atoms with van der Waals surface area (Å²) in [5, 5.41) is 0. The molecule has 0 amide bonds. The first kappa shape index (κ1) is 13.6. The van der Waals surface area contributed by atoms with Crippen LogP contribution in [0.25, 0.3) is 16.9 Å². The fourth-order valence-corrected chi connectivity index (χ4v) is 2.62. The molecule has 0 saturated heterocycles. The molecule has 0 atom stereocenters. The molecular formula is C17H19N3O. The maximum atomic E-state index is 5.96. The van der Waals surface area contributed by atoms with Crippen molar-refractivity contribution < 1.29 is 4.74 Å². The molecule has 21 heavy (non-hydrogen) atoms. The standard InChI is InChI=1S/C17H19N3O/c1-3-21-14-9-7-13(8-10-14)17-15(11-18)20-12(2)5-4-6-16(20)19-17/h4-10H,3,11,18H2,1-2H3. The number of rotatable bonds is 4. The molecular weight excluding hydrogens is 262 g/mol. The fraction of sp³-hybridized carbons (Fsp3) is 0.235. The van der Waals surface area contributed by atoms with Gasteiger partial charge in [0.15, 0.2) is 0 Å². The van der Waals surface area contributed by atoms with Crippen LogP contribution in [0.5, 0.6) is 5.75 Å². The van der Waals surface area contributed by atoms with E-state index in [0.29, 0.717) is 13.2 Å². The highest BCUT2D eigenvalue weighted by molar-refractivity contribution is 5.67. The van der Waals surface area contributed by atoms with E-state index in [2.05, 4.69) is 17.4 Å². The summed E-state index contributed by atoms with van der Waals surface area (Å²) in [6, 6.07) is 14.1. The van der Waals surface area contributed by atoms with Gasteiger partial charge in [0.05, 0.1) is 18.0 Å². The molecule has 2 aromatic heterocycles. The molecule has 1 aromatic carbocycles. The number of imidazole rings is 1. The van der Waals surface area contributed by atoms with Crippen LogP contribution in [0.15, 0.2) is 42.5 Å². The smallest absolute Gasteiger partial charge is 0.137 e. The van der Waals surface area contributed by atoms with E-state index in [-0.39, 0.29) is 0 Å². The van der Waals surface area contributed by atoms with Gasteiger partial charge in [-0.2, -0.15) is 0 Å². The highest BCUT2D eigenvalue weighted by Crippen LogP contribution is 2.27. The van der Waals surface area contributed by atoms with Crippen LogP contribution in [0, 0.1) is 6.92 Å². The van der Waals surface area contributed by atoms with Gasteiger partial charge < -0.3 is 10.5 Å². The maximum Gasteiger partial charge on any atom is 0.137 e. The quantitative estimate of drug-likeness (QED) is 0.799. The molecule has 108 valence electrons. The number of nitrogens with two attached hydrogens (primary N) is 1. The Hall–Kier alpha value is -2.33. The first-order chi connectivity index (χ1) is 10.2. The predicted octanol–water partition coefficient (Wildman–Crippen LogP) is 3.17. The lowest BCUT2D eigenvalue weighted by Crippen LogP contribution is -2.04. The van der Waals surface area contributed by atoms with Crippen LogP contribution in [0.1, 0.15) is 18.3 Å². The number of hydrogen-bond donors (Lipinski definition) is 1. The molecule has 0 aliphatic heterocycles.